The lowest BCUT2D eigenvalue weighted by molar-refractivity contribution is -0.384. The monoisotopic (exact) mass is 366 g/mol. The molecule has 0 aliphatic rings. The van der Waals surface area contributed by atoms with Gasteiger partial charge < -0.3 is 5.32 Å². The largest absolute Gasteiger partial charge is 0.380 e. The first kappa shape index (κ1) is 15.9. The molecule has 0 amide bonds. The zero-order valence-electron chi connectivity index (χ0n) is 11.5. The number of rotatable bonds is 6. The Hall–Kier alpha value is -1.53. The molecule has 0 bridgehead atoms. The van der Waals surface area contributed by atoms with Crippen molar-refractivity contribution >= 4 is 39.1 Å². The smallest absolute Gasteiger partial charge is 0.292 e. The molecule has 2 aromatic rings. The topological polar surface area (TPSA) is 55.2 Å². The molecule has 110 valence electrons. The highest BCUT2D eigenvalue weighted by atomic mass is 79.9. The number of thioether (sulfide) groups is 1. The summed E-state index contributed by atoms with van der Waals surface area (Å²) in [6.07, 6.45) is 0. The summed E-state index contributed by atoms with van der Waals surface area (Å²) in [5.74, 6) is 0.686. The molecule has 1 N–H and O–H groups in total. The number of halogens is 1. The van der Waals surface area contributed by atoms with Crippen LogP contribution in [0.25, 0.3) is 0 Å². The Bertz CT molecular complexity index is 632. The number of nitro benzene ring substituents is 1. The quantitative estimate of drug-likeness (QED) is 0.439. The van der Waals surface area contributed by atoms with Crippen molar-refractivity contribution in [2.24, 2.45) is 0 Å². The number of nitrogens with zero attached hydrogens (tertiary/aromatic N) is 1. The molecule has 2 rings (SSSR count). The molecule has 0 radical (unpaired) electrons. The molecule has 0 heterocycles. The van der Waals surface area contributed by atoms with E-state index in [0.717, 1.165) is 14.9 Å². The van der Waals surface area contributed by atoms with Gasteiger partial charge in [-0.25, -0.2) is 0 Å². The lowest BCUT2D eigenvalue weighted by Gasteiger charge is -2.11. The molecule has 0 saturated heterocycles. The van der Waals surface area contributed by atoms with Crippen LogP contribution in [0.4, 0.5) is 11.4 Å². The van der Waals surface area contributed by atoms with Crippen LogP contribution in [-0.4, -0.2) is 11.5 Å². The van der Waals surface area contributed by atoms with Gasteiger partial charge in [0.05, 0.1) is 4.92 Å². The van der Waals surface area contributed by atoms with Gasteiger partial charge in [0.1, 0.15) is 5.69 Å². The second-order valence-electron chi connectivity index (χ2n) is 4.34. The van der Waals surface area contributed by atoms with E-state index in [9.17, 15) is 10.1 Å². The van der Waals surface area contributed by atoms with Gasteiger partial charge in [0.15, 0.2) is 0 Å². The molecular weight excluding hydrogens is 352 g/mol. The van der Waals surface area contributed by atoms with Gasteiger partial charge in [0.25, 0.3) is 5.69 Å². The summed E-state index contributed by atoms with van der Waals surface area (Å²) in [4.78, 5) is 11.9. The Balaban J connectivity index is 2.20. The highest BCUT2D eigenvalue weighted by molar-refractivity contribution is 9.10. The minimum Gasteiger partial charge on any atom is -0.380 e. The van der Waals surface area contributed by atoms with E-state index < -0.39 is 0 Å². The van der Waals surface area contributed by atoms with Gasteiger partial charge in [0.2, 0.25) is 0 Å². The predicted octanol–water partition coefficient (Wildman–Crippen LogP) is 5.08. The van der Waals surface area contributed by atoms with Crippen molar-refractivity contribution in [2.45, 2.75) is 17.6 Å². The second-order valence-corrected chi connectivity index (χ2v) is 6.31. The van der Waals surface area contributed by atoms with Gasteiger partial charge in [-0.2, -0.15) is 0 Å². The second kappa shape index (κ2) is 7.47. The van der Waals surface area contributed by atoms with E-state index in [1.807, 2.05) is 37.3 Å². The van der Waals surface area contributed by atoms with E-state index in [1.54, 1.807) is 17.8 Å². The van der Waals surface area contributed by atoms with Crippen LogP contribution in [-0.2, 0) is 5.75 Å². The minimum absolute atomic E-state index is 0.130. The first-order valence-corrected chi connectivity index (χ1v) is 8.28. The van der Waals surface area contributed by atoms with Crippen LogP contribution in [0.3, 0.4) is 0 Å². The predicted molar refractivity (Wildman–Crippen MR) is 91.0 cm³/mol. The van der Waals surface area contributed by atoms with Crippen LogP contribution in [0.5, 0.6) is 0 Å². The molecule has 0 aliphatic heterocycles. The van der Waals surface area contributed by atoms with Crippen molar-refractivity contribution in [3.05, 3.63) is 62.6 Å². The number of nitro groups is 1. The fraction of sp³-hybridized carbons (Fsp3) is 0.200. The van der Waals surface area contributed by atoms with Gasteiger partial charge in [-0.05, 0) is 36.8 Å². The van der Waals surface area contributed by atoms with E-state index in [1.165, 1.54) is 6.07 Å². The molecule has 4 nitrogen and oxygen atoms in total. The van der Waals surface area contributed by atoms with Gasteiger partial charge in [-0.15, -0.1) is 11.8 Å². The third-order valence-electron chi connectivity index (χ3n) is 2.89. The molecule has 0 spiro atoms. The fourth-order valence-electron chi connectivity index (χ4n) is 1.93. The SMILES string of the molecule is CCNc1c(CSc2ccc(Br)cc2)cccc1[N+](=O)[O-]. The third kappa shape index (κ3) is 4.22. The normalized spacial score (nSPS) is 10.4. The van der Waals surface area contributed by atoms with E-state index in [0.29, 0.717) is 18.0 Å². The van der Waals surface area contributed by atoms with Crippen molar-refractivity contribution in [2.75, 3.05) is 11.9 Å². The van der Waals surface area contributed by atoms with Crippen molar-refractivity contribution in [1.29, 1.82) is 0 Å². The Labute approximate surface area is 136 Å². The molecule has 0 atom stereocenters. The Morgan fingerprint density at radius 2 is 1.95 bits per heavy atom. The fourth-order valence-corrected chi connectivity index (χ4v) is 3.09. The van der Waals surface area contributed by atoms with Crippen LogP contribution >= 0.6 is 27.7 Å². The van der Waals surface area contributed by atoms with Gasteiger partial charge in [-0.3, -0.25) is 10.1 Å². The number of hydrogen-bond acceptors (Lipinski definition) is 4. The molecule has 0 aromatic heterocycles. The van der Waals surface area contributed by atoms with Gasteiger partial charge >= 0.3 is 0 Å². The maximum atomic E-state index is 11.1. The molecule has 6 heteroatoms. The summed E-state index contributed by atoms with van der Waals surface area (Å²) in [5, 5.41) is 14.2. The highest BCUT2D eigenvalue weighted by Crippen LogP contribution is 2.33. The van der Waals surface area contributed by atoms with Gasteiger partial charge in [0, 0.05) is 27.7 Å². The lowest BCUT2D eigenvalue weighted by Crippen LogP contribution is -2.04. The Kier molecular flexibility index (Phi) is 5.64. The van der Waals surface area contributed by atoms with Crippen molar-refractivity contribution in [3.8, 4) is 0 Å². The summed E-state index contributed by atoms with van der Waals surface area (Å²) in [6, 6.07) is 13.2. The molecular formula is C15H15BrN2O2S. The summed E-state index contributed by atoms with van der Waals surface area (Å²) in [5.41, 5.74) is 1.69. The zero-order chi connectivity index (χ0) is 15.2. The van der Waals surface area contributed by atoms with Crippen LogP contribution in [0.1, 0.15) is 12.5 Å². The molecule has 0 fully saturated rings. The zero-order valence-corrected chi connectivity index (χ0v) is 13.9. The maximum Gasteiger partial charge on any atom is 0.292 e. The number of nitrogens with one attached hydrogen (secondary N) is 1. The summed E-state index contributed by atoms with van der Waals surface area (Å²) in [7, 11) is 0. The molecule has 0 aliphatic carbocycles. The van der Waals surface area contributed by atoms with Crippen molar-refractivity contribution in [3.63, 3.8) is 0 Å². The summed E-state index contributed by atoms with van der Waals surface area (Å²) in [6.45, 7) is 2.59. The van der Waals surface area contributed by atoms with Crippen molar-refractivity contribution < 1.29 is 4.92 Å². The molecule has 0 unspecified atom stereocenters. The van der Waals surface area contributed by atoms with Crippen LogP contribution in [0.15, 0.2) is 51.8 Å². The van der Waals surface area contributed by atoms with E-state index in [2.05, 4.69) is 21.2 Å². The van der Waals surface area contributed by atoms with Crippen LogP contribution < -0.4 is 5.32 Å². The highest BCUT2D eigenvalue weighted by Gasteiger charge is 2.16. The average molecular weight is 367 g/mol. The number of para-hydroxylation sites is 1. The standard InChI is InChI=1S/C15H15BrN2O2S/c1-2-17-15-11(4-3-5-14(15)18(19)20)10-21-13-8-6-12(16)7-9-13/h3-9,17H,2,10H2,1H3. The van der Waals surface area contributed by atoms with E-state index >= 15 is 0 Å². The lowest BCUT2D eigenvalue weighted by atomic mass is 10.1. The number of hydrogen-bond donors (Lipinski definition) is 1. The first-order valence-electron chi connectivity index (χ1n) is 6.50. The van der Waals surface area contributed by atoms with Crippen LogP contribution in [0.2, 0.25) is 0 Å². The van der Waals surface area contributed by atoms with Crippen molar-refractivity contribution in [1.82, 2.24) is 0 Å². The average Bonchev–Trinajstić information content (AvgIpc) is 2.47. The summed E-state index contributed by atoms with van der Waals surface area (Å²) < 4.78 is 1.04. The Morgan fingerprint density at radius 3 is 2.57 bits per heavy atom. The molecule has 2 aromatic carbocycles. The number of benzene rings is 2. The van der Waals surface area contributed by atoms with E-state index in [4.69, 9.17) is 0 Å². The van der Waals surface area contributed by atoms with Crippen LogP contribution in [0, 0.1) is 10.1 Å². The third-order valence-corrected chi connectivity index (χ3v) is 4.48. The van der Waals surface area contributed by atoms with E-state index in [-0.39, 0.29) is 10.6 Å². The number of anilines is 1. The summed E-state index contributed by atoms with van der Waals surface area (Å²) >= 11 is 5.06. The first-order chi connectivity index (χ1) is 10.1. The molecule has 21 heavy (non-hydrogen) atoms. The van der Waals surface area contributed by atoms with Gasteiger partial charge in [-0.1, -0.05) is 28.1 Å². The molecule has 0 saturated carbocycles. The Morgan fingerprint density at radius 1 is 1.24 bits per heavy atom. The minimum atomic E-state index is -0.341. The maximum absolute atomic E-state index is 11.1.